The highest BCUT2D eigenvalue weighted by molar-refractivity contribution is 7.12. The molecule has 4 heterocycles. The number of pyridine rings is 2. The predicted octanol–water partition coefficient (Wildman–Crippen LogP) is 2.01. The summed E-state index contributed by atoms with van der Waals surface area (Å²) < 4.78 is 7.08. The van der Waals surface area contributed by atoms with Crippen LogP contribution in [0, 0.1) is 5.92 Å². The summed E-state index contributed by atoms with van der Waals surface area (Å²) in [5.41, 5.74) is -0.457. The Labute approximate surface area is 158 Å². The first-order valence-electron chi connectivity index (χ1n) is 8.47. The highest BCUT2D eigenvalue weighted by Crippen LogP contribution is 2.26. The number of fused-ring (bicyclic) bond motifs is 1. The summed E-state index contributed by atoms with van der Waals surface area (Å²) in [5.74, 6) is -0.183. The number of aromatic nitrogens is 3. The molecular formula is C18H18N4O4S. The summed E-state index contributed by atoms with van der Waals surface area (Å²) in [6.45, 7) is 3.64. The first kappa shape index (κ1) is 17.6. The summed E-state index contributed by atoms with van der Waals surface area (Å²) in [5, 5.41) is 12.0. The minimum atomic E-state index is -1.27. The third-order valence-electron chi connectivity index (χ3n) is 4.86. The summed E-state index contributed by atoms with van der Waals surface area (Å²) in [7, 11) is 1.70. The molecule has 4 rings (SSSR count). The molecule has 1 aliphatic heterocycles. The topological polar surface area (TPSA) is 97.6 Å². The van der Waals surface area contributed by atoms with Crippen molar-refractivity contribution in [3.63, 3.8) is 0 Å². The molecule has 1 saturated heterocycles. The van der Waals surface area contributed by atoms with Gasteiger partial charge in [-0.3, -0.25) is 9.36 Å². The zero-order valence-corrected chi connectivity index (χ0v) is 15.6. The third-order valence-corrected chi connectivity index (χ3v) is 5.63. The van der Waals surface area contributed by atoms with Crippen molar-refractivity contribution < 1.29 is 14.6 Å². The van der Waals surface area contributed by atoms with E-state index >= 15 is 0 Å². The van der Waals surface area contributed by atoms with Crippen molar-refractivity contribution in [2.24, 2.45) is 5.92 Å². The zero-order chi connectivity index (χ0) is 19.1. The summed E-state index contributed by atoms with van der Waals surface area (Å²) in [4.78, 5) is 35.1. The van der Waals surface area contributed by atoms with Gasteiger partial charge in [-0.1, -0.05) is 6.92 Å². The van der Waals surface area contributed by atoms with Crippen LogP contribution in [0.1, 0.15) is 17.3 Å². The van der Waals surface area contributed by atoms with Crippen LogP contribution in [0.4, 0.5) is 5.82 Å². The monoisotopic (exact) mass is 386 g/mol. The Balaban J connectivity index is 1.90. The molecule has 9 heteroatoms. The van der Waals surface area contributed by atoms with Crippen molar-refractivity contribution in [1.29, 1.82) is 0 Å². The molecule has 3 aromatic heterocycles. The molecule has 0 spiro atoms. The van der Waals surface area contributed by atoms with Gasteiger partial charge < -0.3 is 14.7 Å². The number of hydrogen-bond donors (Lipinski definition) is 1. The fraction of sp³-hybridized carbons (Fsp3) is 0.333. The molecule has 140 valence electrons. The number of anilines is 1. The van der Waals surface area contributed by atoms with E-state index in [1.165, 1.54) is 17.5 Å². The van der Waals surface area contributed by atoms with E-state index < -0.39 is 11.4 Å². The maximum atomic E-state index is 12.6. The second-order valence-corrected chi connectivity index (χ2v) is 7.43. The average molecular weight is 386 g/mol. The molecule has 1 N–H and O–H groups in total. The molecule has 1 aliphatic rings. The Morgan fingerprint density at radius 3 is 2.81 bits per heavy atom. The Morgan fingerprint density at radius 1 is 1.37 bits per heavy atom. The lowest BCUT2D eigenvalue weighted by atomic mass is 10.1. The molecule has 0 aliphatic carbocycles. The highest BCUT2D eigenvalue weighted by Gasteiger charge is 2.30. The number of thiazole rings is 1. The molecule has 0 radical (unpaired) electrons. The zero-order valence-electron chi connectivity index (χ0n) is 14.8. The van der Waals surface area contributed by atoms with Crippen molar-refractivity contribution in [2.75, 3.05) is 25.1 Å². The largest absolute Gasteiger partial charge is 0.477 e. The molecule has 27 heavy (non-hydrogen) atoms. The van der Waals surface area contributed by atoms with Crippen molar-refractivity contribution >= 4 is 34.2 Å². The molecule has 2 atom stereocenters. The number of nitrogens with zero attached hydrogens (tertiary/aromatic N) is 4. The number of carboxylic acids is 1. The summed E-state index contributed by atoms with van der Waals surface area (Å²) >= 11 is 1.34. The van der Waals surface area contributed by atoms with Gasteiger partial charge in [-0.25, -0.2) is 14.8 Å². The Bertz CT molecular complexity index is 1060. The van der Waals surface area contributed by atoms with Gasteiger partial charge in [0, 0.05) is 43.9 Å². The standard InChI is InChI=1S/C18H18N4O4S/c1-10-7-21(9-13(10)26-2)14-4-3-11-15(23)12(17(24)25)8-22(16(11)20-14)18-19-5-6-27-18/h3-6,8,10,13H,7,9H2,1-2H3,(H,24,25)/t10?,13-/m0/s1. The fourth-order valence-corrected chi connectivity index (χ4v) is 4.05. The van der Waals surface area contributed by atoms with Crippen LogP contribution in [0.3, 0.4) is 0 Å². The second kappa shape index (κ2) is 6.75. The van der Waals surface area contributed by atoms with E-state index in [2.05, 4.69) is 21.8 Å². The van der Waals surface area contributed by atoms with Crippen LogP contribution in [0.5, 0.6) is 0 Å². The van der Waals surface area contributed by atoms with Gasteiger partial charge >= 0.3 is 5.97 Å². The van der Waals surface area contributed by atoms with Crippen LogP contribution in [0.15, 0.2) is 34.7 Å². The van der Waals surface area contributed by atoms with E-state index in [0.29, 0.717) is 23.2 Å². The molecule has 1 fully saturated rings. The molecule has 0 amide bonds. The van der Waals surface area contributed by atoms with Crippen LogP contribution in [-0.4, -0.2) is 51.9 Å². The maximum absolute atomic E-state index is 12.6. The molecule has 0 bridgehead atoms. The fourth-order valence-electron chi connectivity index (χ4n) is 3.43. The lowest BCUT2D eigenvalue weighted by molar-refractivity contribution is 0.0695. The Kier molecular flexibility index (Phi) is 4.40. The number of methoxy groups -OCH3 is 1. The van der Waals surface area contributed by atoms with E-state index in [1.54, 1.807) is 35.4 Å². The molecular weight excluding hydrogens is 368 g/mol. The van der Waals surface area contributed by atoms with Gasteiger partial charge in [0.25, 0.3) is 0 Å². The van der Waals surface area contributed by atoms with Crippen molar-refractivity contribution in [2.45, 2.75) is 13.0 Å². The van der Waals surface area contributed by atoms with Crippen LogP contribution in [0.2, 0.25) is 0 Å². The molecule has 3 aromatic rings. The molecule has 0 aromatic carbocycles. The van der Waals surface area contributed by atoms with E-state index in [9.17, 15) is 14.7 Å². The van der Waals surface area contributed by atoms with Gasteiger partial charge in [0.1, 0.15) is 11.4 Å². The number of rotatable bonds is 4. The van der Waals surface area contributed by atoms with Gasteiger partial charge in [0.05, 0.1) is 11.5 Å². The number of carbonyl (C=O) groups is 1. The van der Waals surface area contributed by atoms with E-state index in [1.807, 2.05) is 0 Å². The van der Waals surface area contributed by atoms with Crippen LogP contribution in [-0.2, 0) is 4.74 Å². The normalized spacial score (nSPS) is 19.7. The summed E-state index contributed by atoms with van der Waals surface area (Å²) in [6, 6.07) is 3.40. The number of hydrogen-bond acceptors (Lipinski definition) is 7. The lowest BCUT2D eigenvalue weighted by Gasteiger charge is -2.18. The smallest absolute Gasteiger partial charge is 0.341 e. The van der Waals surface area contributed by atoms with E-state index in [-0.39, 0.29) is 17.1 Å². The summed E-state index contributed by atoms with van der Waals surface area (Å²) in [6.07, 6.45) is 3.05. The SMILES string of the molecule is CO[C@H]1CN(c2ccc3c(=O)c(C(=O)O)cn(-c4nccs4)c3n2)CC1C. The first-order chi connectivity index (χ1) is 13.0. The predicted molar refractivity (Wildman–Crippen MR) is 102 cm³/mol. The lowest BCUT2D eigenvalue weighted by Crippen LogP contribution is -2.24. The average Bonchev–Trinajstić information content (AvgIpc) is 3.31. The van der Waals surface area contributed by atoms with Crippen molar-refractivity contribution in [3.05, 3.63) is 45.7 Å². The quantitative estimate of drug-likeness (QED) is 0.732. The number of carboxylic acid groups (broad SMARTS) is 1. The number of ether oxygens (including phenoxy) is 1. The van der Waals surface area contributed by atoms with Crippen molar-refractivity contribution in [1.82, 2.24) is 14.5 Å². The van der Waals surface area contributed by atoms with Crippen molar-refractivity contribution in [3.8, 4) is 5.13 Å². The van der Waals surface area contributed by atoms with Gasteiger partial charge in [0.15, 0.2) is 10.8 Å². The van der Waals surface area contributed by atoms with Gasteiger partial charge in [-0.2, -0.15) is 0 Å². The maximum Gasteiger partial charge on any atom is 0.341 e. The Morgan fingerprint density at radius 2 is 2.19 bits per heavy atom. The van der Waals surface area contributed by atoms with Gasteiger partial charge in [-0.15, -0.1) is 11.3 Å². The van der Waals surface area contributed by atoms with Crippen LogP contribution in [0.25, 0.3) is 16.2 Å². The minimum Gasteiger partial charge on any atom is -0.477 e. The second-order valence-electron chi connectivity index (χ2n) is 6.56. The first-order valence-corrected chi connectivity index (χ1v) is 9.35. The van der Waals surface area contributed by atoms with E-state index in [0.717, 1.165) is 12.4 Å². The Hall–Kier alpha value is -2.78. The third kappa shape index (κ3) is 2.98. The van der Waals surface area contributed by atoms with Gasteiger partial charge in [-0.05, 0) is 12.1 Å². The highest BCUT2D eigenvalue weighted by atomic mass is 32.1. The van der Waals surface area contributed by atoms with Gasteiger partial charge in [0.2, 0.25) is 5.43 Å². The van der Waals surface area contributed by atoms with Crippen LogP contribution >= 0.6 is 11.3 Å². The van der Waals surface area contributed by atoms with Crippen LogP contribution < -0.4 is 10.3 Å². The molecule has 8 nitrogen and oxygen atoms in total. The molecule has 1 unspecified atom stereocenters. The minimum absolute atomic E-state index is 0.123. The molecule has 0 saturated carbocycles. The van der Waals surface area contributed by atoms with E-state index in [4.69, 9.17) is 4.74 Å². The number of aromatic carboxylic acids is 1.